The Bertz CT molecular complexity index is 631. The van der Waals surface area contributed by atoms with Gasteiger partial charge in [-0.05, 0) is 24.3 Å². The molecule has 0 aliphatic heterocycles. The van der Waals surface area contributed by atoms with Gasteiger partial charge in [0, 0.05) is 7.05 Å². The van der Waals surface area contributed by atoms with Crippen LogP contribution < -0.4 is 20.9 Å². The molecule has 21 heavy (non-hydrogen) atoms. The fourth-order valence-electron chi connectivity index (χ4n) is 2.04. The molecule has 1 aromatic carbocycles. The van der Waals surface area contributed by atoms with Crippen molar-refractivity contribution in [2.75, 3.05) is 19.1 Å². The van der Waals surface area contributed by atoms with Gasteiger partial charge in [0.2, 0.25) is 0 Å². The number of benzene rings is 1. The van der Waals surface area contributed by atoms with E-state index in [1.807, 2.05) is 42.3 Å². The molecule has 0 spiro atoms. The van der Waals surface area contributed by atoms with Crippen LogP contribution in [0.15, 0.2) is 42.5 Å². The number of amides is 1. The zero-order valence-corrected chi connectivity index (χ0v) is 12.0. The van der Waals surface area contributed by atoms with Crippen molar-refractivity contribution < 1.29 is 9.53 Å². The van der Waals surface area contributed by atoms with Gasteiger partial charge in [-0.25, -0.2) is 10.8 Å². The Labute approximate surface area is 123 Å². The normalized spacial score (nSPS) is 10.0. The van der Waals surface area contributed by atoms with Crippen LogP contribution in [0.4, 0.5) is 5.69 Å². The van der Waals surface area contributed by atoms with E-state index in [2.05, 4.69) is 10.4 Å². The summed E-state index contributed by atoms with van der Waals surface area (Å²) in [5.41, 5.74) is 4.09. The molecule has 0 aliphatic rings. The molecule has 0 aliphatic carbocycles. The topological polar surface area (TPSA) is 80.5 Å². The first-order valence-corrected chi connectivity index (χ1v) is 6.46. The second kappa shape index (κ2) is 6.71. The lowest BCUT2D eigenvalue weighted by molar-refractivity contribution is 0.0948. The van der Waals surface area contributed by atoms with Crippen LogP contribution in [0.2, 0.25) is 0 Å². The van der Waals surface area contributed by atoms with Gasteiger partial charge in [0.15, 0.2) is 0 Å². The van der Waals surface area contributed by atoms with Crippen molar-refractivity contribution >= 4 is 11.6 Å². The molecule has 110 valence electrons. The maximum Gasteiger partial charge on any atom is 0.283 e. The number of para-hydroxylation sites is 2. The van der Waals surface area contributed by atoms with Crippen LogP contribution in [0.1, 0.15) is 16.2 Å². The highest BCUT2D eigenvalue weighted by molar-refractivity contribution is 5.91. The van der Waals surface area contributed by atoms with Crippen molar-refractivity contribution in [1.82, 2.24) is 10.4 Å². The van der Waals surface area contributed by atoms with E-state index in [4.69, 9.17) is 10.6 Å². The molecule has 2 rings (SSSR count). The number of anilines is 1. The van der Waals surface area contributed by atoms with Gasteiger partial charge in [-0.1, -0.05) is 18.2 Å². The smallest absolute Gasteiger partial charge is 0.283 e. The Hall–Kier alpha value is -2.60. The number of nitrogens with two attached hydrogens (primary N) is 1. The number of rotatable bonds is 5. The Kier molecular flexibility index (Phi) is 4.73. The molecule has 0 radical (unpaired) electrons. The van der Waals surface area contributed by atoms with Gasteiger partial charge in [-0.2, -0.15) is 0 Å². The predicted molar refractivity (Wildman–Crippen MR) is 81.0 cm³/mol. The SMILES string of the molecule is COc1ccccc1N(C)Cc1cccc(C(=O)NN)n1. The minimum absolute atomic E-state index is 0.295. The first-order chi connectivity index (χ1) is 10.2. The van der Waals surface area contributed by atoms with Gasteiger partial charge < -0.3 is 9.64 Å². The largest absolute Gasteiger partial charge is 0.495 e. The summed E-state index contributed by atoms with van der Waals surface area (Å²) >= 11 is 0. The number of hydrogen-bond acceptors (Lipinski definition) is 5. The van der Waals surface area contributed by atoms with Crippen molar-refractivity contribution in [3.63, 3.8) is 0 Å². The van der Waals surface area contributed by atoms with Gasteiger partial charge in [-0.15, -0.1) is 0 Å². The molecule has 0 atom stereocenters. The highest BCUT2D eigenvalue weighted by Crippen LogP contribution is 2.27. The van der Waals surface area contributed by atoms with E-state index in [0.717, 1.165) is 17.1 Å². The Morgan fingerprint density at radius 2 is 2.05 bits per heavy atom. The Morgan fingerprint density at radius 3 is 2.76 bits per heavy atom. The highest BCUT2D eigenvalue weighted by atomic mass is 16.5. The van der Waals surface area contributed by atoms with E-state index < -0.39 is 5.91 Å². The number of nitrogen functional groups attached to an aromatic ring is 1. The number of nitrogens with one attached hydrogen (secondary N) is 1. The number of hydrogen-bond donors (Lipinski definition) is 2. The van der Waals surface area contributed by atoms with E-state index in [0.29, 0.717) is 12.2 Å². The molecule has 0 fully saturated rings. The van der Waals surface area contributed by atoms with Crippen molar-refractivity contribution in [3.05, 3.63) is 53.9 Å². The number of hydrazine groups is 1. The number of carbonyl (C=O) groups excluding carboxylic acids is 1. The summed E-state index contributed by atoms with van der Waals surface area (Å²) in [7, 11) is 3.58. The molecule has 3 N–H and O–H groups in total. The second-order valence-corrected chi connectivity index (χ2v) is 4.52. The molecule has 0 saturated heterocycles. The van der Waals surface area contributed by atoms with Gasteiger partial charge >= 0.3 is 0 Å². The summed E-state index contributed by atoms with van der Waals surface area (Å²) in [6, 6.07) is 13.0. The van der Waals surface area contributed by atoms with Crippen LogP contribution in [0, 0.1) is 0 Å². The third-order valence-corrected chi connectivity index (χ3v) is 3.07. The van der Waals surface area contributed by atoms with E-state index >= 15 is 0 Å². The lowest BCUT2D eigenvalue weighted by Crippen LogP contribution is -2.31. The fraction of sp³-hybridized carbons (Fsp3) is 0.200. The zero-order chi connectivity index (χ0) is 15.2. The molecule has 1 aromatic heterocycles. The lowest BCUT2D eigenvalue weighted by Gasteiger charge is -2.21. The summed E-state index contributed by atoms with van der Waals surface area (Å²) in [5.74, 6) is 5.50. The van der Waals surface area contributed by atoms with Crippen molar-refractivity contribution in [3.8, 4) is 5.75 Å². The first kappa shape index (κ1) is 14.8. The first-order valence-electron chi connectivity index (χ1n) is 6.46. The maximum atomic E-state index is 11.5. The average molecular weight is 286 g/mol. The number of pyridine rings is 1. The maximum absolute atomic E-state index is 11.5. The molecule has 0 bridgehead atoms. The van der Waals surface area contributed by atoms with E-state index in [1.54, 1.807) is 19.2 Å². The summed E-state index contributed by atoms with van der Waals surface area (Å²) < 4.78 is 5.34. The van der Waals surface area contributed by atoms with Gasteiger partial charge in [0.05, 0.1) is 25.0 Å². The molecule has 2 aromatic rings. The molecule has 1 heterocycles. The van der Waals surface area contributed by atoms with Gasteiger partial charge in [-0.3, -0.25) is 10.2 Å². The number of nitrogens with zero attached hydrogens (tertiary/aromatic N) is 2. The molecule has 6 heteroatoms. The quantitative estimate of drug-likeness (QED) is 0.492. The molecule has 0 unspecified atom stereocenters. The van der Waals surface area contributed by atoms with Crippen LogP contribution in [0.5, 0.6) is 5.75 Å². The van der Waals surface area contributed by atoms with Crippen LogP contribution in [-0.4, -0.2) is 25.0 Å². The summed E-state index contributed by atoms with van der Waals surface area (Å²) in [6.07, 6.45) is 0. The minimum atomic E-state index is -0.406. The van der Waals surface area contributed by atoms with E-state index in [-0.39, 0.29) is 0 Å². The van der Waals surface area contributed by atoms with Crippen LogP contribution in [0.25, 0.3) is 0 Å². The van der Waals surface area contributed by atoms with E-state index in [1.165, 1.54) is 0 Å². The summed E-state index contributed by atoms with van der Waals surface area (Å²) in [5, 5.41) is 0. The minimum Gasteiger partial charge on any atom is -0.495 e. The Morgan fingerprint density at radius 1 is 1.29 bits per heavy atom. The Balaban J connectivity index is 2.19. The van der Waals surface area contributed by atoms with Crippen LogP contribution in [0.3, 0.4) is 0 Å². The van der Waals surface area contributed by atoms with Gasteiger partial charge in [0.25, 0.3) is 5.91 Å². The lowest BCUT2D eigenvalue weighted by atomic mass is 10.2. The second-order valence-electron chi connectivity index (χ2n) is 4.52. The van der Waals surface area contributed by atoms with Gasteiger partial charge in [0.1, 0.15) is 11.4 Å². The number of methoxy groups -OCH3 is 1. The standard InChI is InChI=1S/C15H18N4O2/c1-19(13-8-3-4-9-14(13)21-2)10-11-6-5-7-12(17-11)15(20)18-16/h3-9H,10,16H2,1-2H3,(H,18,20). The monoisotopic (exact) mass is 286 g/mol. The average Bonchev–Trinajstić information content (AvgIpc) is 2.54. The summed E-state index contributed by atoms with van der Waals surface area (Å²) in [4.78, 5) is 17.8. The molecular weight excluding hydrogens is 268 g/mol. The highest BCUT2D eigenvalue weighted by Gasteiger charge is 2.10. The molecule has 0 saturated carbocycles. The number of ether oxygens (including phenoxy) is 1. The predicted octanol–water partition coefficient (Wildman–Crippen LogP) is 1.33. The number of aromatic nitrogens is 1. The molecule has 6 nitrogen and oxygen atoms in total. The van der Waals surface area contributed by atoms with Crippen molar-refractivity contribution in [1.29, 1.82) is 0 Å². The van der Waals surface area contributed by atoms with Crippen LogP contribution in [-0.2, 0) is 6.54 Å². The zero-order valence-electron chi connectivity index (χ0n) is 12.0. The van der Waals surface area contributed by atoms with E-state index in [9.17, 15) is 4.79 Å². The van der Waals surface area contributed by atoms with Crippen LogP contribution >= 0.6 is 0 Å². The fourth-order valence-corrected chi connectivity index (χ4v) is 2.04. The molecule has 1 amide bonds. The summed E-state index contributed by atoms with van der Waals surface area (Å²) in [6.45, 7) is 0.548. The third-order valence-electron chi connectivity index (χ3n) is 3.07. The van der Waals surface area contributed by atoms with Crippen molar-refractivity contribution in [2.45, 2.75) is 6.54 Å². The molecular formula is C15H18N4O2. The number of carbonyl (C=O) groups is 1. The third kappa shape index (κ3) is 3.49. The van der Waals surface area contributed by atoms with Crippen molar-refractivity contribution in [2.24, 2.45) is 5.84 Å².